The van der Waals surface area contributed by atoms with Gasteiger partial charge in [0, 0.05) is 24.2 Å². The standard InChI is InChI=1S/C16H22ClNO2/c1-12(15(19)13-5-7-14(17)8-6-13)18-10-4-9-16(2,11-18)20-3/h5-8,12H,4,9-11H2,1-3H3. The Labute approximate surface area is 125 Å². The Hall–Kier alpha value is -0.900. The number of Topliss-reactive ketones (excluding diaryl/α,β-unsaturated/α-hetero) is 1. The summed E-state index contributed by atoms with van der Waals surface area (Å²) in [6.45, 7) is 5.82. The zero-order chi connectivity index (χ0) is 14.8. The van der Waals surface area contributed by atoms with Crippen LogP contribution in [0, 0.1) is 0 Å². The molecule has 1 aliphatic rings. The quantitative estimate of drug-likeness (QED) is 0.797. The van der Waals surface area contributed by atoms with Crippen LogP contribution >= 0.6 is 11.6 Å². The summed E-state index contributed by atoms with van der Waals surface area (Å²) in [4.78, 5) is 14.7. The van der Waals surface area contributed by atoms with Crippen molar-refractivity contribution in [1.82, 2.24) is 4.90 Å². The molecule has 1 fully saturated rings. The lowest BCUT2D eigenvalue weighted by molar-refractivity contribution is -0.0563. The van der Waals surface area contributed by atoms with Crippen LogP contribution in [0.1, 0.15) is 37.0 Å². The molecule has 1 aliphatic heterocycles. The minimum Gasteiger partial charge on any atom is -0.377 e. The number of ether oxygens (including phenoxy) is 1. The van der Waals surface area contributed by atoms with Gasteiger partial charge in [0.1, 0.15) is 0 Å². The zero-order valence-corrected chi connectivity index (χ0v) is 13.1. The summed E-state index contributed by atoms with van der Waals surface area (Å²) >= 11 is 5.86. The lowest BCUT2D eigenvalue weighted by atomic mass is 9.92. The van der Waals surface area contributed by atoms with Crippen LogP contribution < -0.4 is 0 Å². The minimum absolute atomic E-state index is 0.133. The van der Waals surface area contributed by atoms with Crippen LogP contribution in [0.2, 0.25) is 5.02 Å². The predicted molar refractivity (Wildman–Crippen MR) is 81.5 cm³/mol. The fourth-order valence-corrected chi connectivity index (χ4v) is 2.89. The van der Waals surface area contributed by atoms with Crippen LogP contribution in [0.15, 0.2) is 24.3 Å². The number of likely N-dealkylation sites (tertiary alicyclic amines) is 1. The van der Waals surface area contributed by atoms with E-state index < -0.39 is 0 Å². The number of hydrogen-bond acceptors (Lipinski definition) is 3. The molecule has 1 saturated heterocycles. The van der Waals surface area contributed by atoms with E-state index in [1.807, 2.05) is 6.92 Å². The molecule has 0 amide bonds. The Morgan fingerprint density at radius 3 is 2.65 bits per heavy atom. The highest BCUT2D eigenvalue weighted by Gasteiger charge is 2.34. The third kappa shape index (κ3) is 3.40. The third-order valence-electron chi connectivity index (χ3n) is 4.24. The first-order chi connectivity index (χ1) is 9.45. The Morgan fingerprint density at radius 2 is 2.05 bits per heavy atom. The molecule has 110 valence electrons. The van der Waals surface area contributed by atoms with Gasteiger partial charge < -0.3 is 4.74 Å². The van der Waals surface area contributed by atoms with Gasteiger partial charge in [-0.3, -0.25) is 9.69 Å². The van der Waals surface area contributed by atoms with Gasteiger partial charge >= 0.3 is 0 Å². The average Bonchev–Trinajstić information content (AvgIpc) is 2.46. The molecule has 0 bridgehead atoms. The summed E-state index contributed by atoms with van der Waals surface area (Å²) in [6, 6.07) is 6.97. The Kier molecular flexibility index (Phi) is 4.84. The number of nitrogens with zero attached hydrogens (tertiary/aromatic N) is 1. The van der Waals surface area contributed by atoms with E-state index in [1.165, 1.54) is 0 Å². The van der Waals surface area contributed by atoms with Crippen molar-refractivity contribution in [3.8, 4) is 0 Å². The average molecular weight is 296 g/mol. The highest BCUT2D eigenvalue weighted by atomic mass is 35.5. The lowest BCUT2D eigenvalue weighted by Crippen LogP contribution is -2.52. The van der Waals surface area contributed by atoms with E-state index in [0.29, 0.717) is 10.6 Å². The van der Waals surface area contributed by atoms with E-state index in [9.17, 15) is 4.79 Å². The monoisotopic (exact) mass is 295 g/mol. The maximum Gasteiger partial charge on any atom is 0.179 e. The van der Waals surface area contributed by atoms with Gasteiger partial charge in [0.15, 0.2) is 5.78 Å². The van der Waals surface area contributed by atoms with Gasteiger partial charge in [-0.15, -0.1) is 0 Å². The second-order valence-corrected chi connectivity index (χ2v) is 6.21. The third-order valence-corrected chi connectivity index (χ3v) is 4.49. The summed E-state index contributed by atoms with van der Waals surface area (Å²) in [5.74, 6) is 0.141. The van der Waals surface area contributed by atoms with Crippen molar-refractivity contribution in [3.63, 3.8) is 0 Å². The molecular weight excluding hydrogens is 274 g/mol. The number of piperidine rings is 1. The molecule has 3 nitrogen and oxygen atoms in total. The van der Waals surface area contributed by atoms with Crippen molar-refractivity contribution in [1.29, 1.82) is 0 Å². The van der Waals surface area contributed by atoms with E-state index >= 15 is 0 Å². The molecule has 0 aliphatic carbocycles. The Bertz CT molecular complexity index is 474. The molecule has 2 rings (SSSR count). The first-order valence-corrected chi connectivity index (χ1v) is 7.42. The Morgan fingerprint density at radius 1 is 1.40 bits per heavy atom. The summed E-state index contributed by atoms with van der Waals surface area (Å²) < 4.78 is 5.59. The van der Waals surface area contributed by atoms with E-state index in [0.717, 1.165) is 25.9 Å². The maximum absolute atomic E-state index is 12.5. The van der Waals surface area contributed by atoms with Gasteiger partial charge in [-0.1, -0.05) is 11.6 Å². The first-order valence-electron chi connectivity index (χ1n) is 7.04. The van der Waals surface area contributed by atoms with Crippen LogP contribution in [0.3, 0.4) is 0 Å². The van der Waals surface area contributed by atoms with Crippen LogP contribution in [0.4, 0.5) is 0 Å². The minimum atomic E-state index is -0.146. The molecular formula is C16H22ClNO2. The van der Waals surface area contributed by atoms with Crippen LogP contribution in [0.25, 0.3) is 0 Å². The smallest absolute Gasteiger partial charge is 0.179 e. The molecule has 20 heavy (non-hydrogen) atoms. The van der Waals surface area contributed by atoms with Gasteiger partial charge in [0.2, 0.25) is 0 Å². The summed E-state index contributed by atoms with van der Waals surface area (Å²) in [5.41, 5.74) is 0.568. The number of carbonyl (C=O) groups excluding carboxylic acids is 1. The highest BCUT2D eigenvalue weighted by Crippen LogP contribution is 2.26. The number of halogens is 1. The van der Waals surface area contributed by atoms with Crippen LogP contribution in [-0.4, -0.2) is 42.5 Å². The van der Waals surface area contributed by atoms with Gasteiger partial charge in [-0.2, -0.15) is 0 Å². The van der Waals surface area contributed by atoms with Crippen molar-refractivity contribution >= 4 is 17.4 Å². The van der Waals surface area contributed by atoms with Gasteiger partial charge in [-0.25, -0.2) is 0 Å². The van der Waals surface area contributed by atoms with E-state index in [1.54, 1.807) is 31.4 Å². The molecule has 0 N–H and O–H groups in total. The number of carbonyl (C=O) groups is 1. The van der Waals surface area contributed by atoms with Crippen LogP contribution in [0.5, 0.6) is 0 Å². The van der Waals surface area contributed by atoms with Gasteiger partial charge in [0.25, 0.3) is 0 Å². The second kappa shape index (κ2) is 6.25. The SMILES string of the molecule is COC1(C)CCCN(C(C)C(=O)c2ccc(Cl)cc2)C1. The first kappa shape index (κ1) is 15.5. The molecule has 0 spiro atoms. The number of methoxy groups -OCH3 is 1. The van der Waals surface area contributed by atoms with Crippen molar-refractivity contribution in [2.45, 2.75) is 38.3 Å². The van der Waals surface area contributed by atoms with Crippen LogP contribution in [-0.2, 0) is 4.74 Å². The lowest BCUT2D eigenvalue weighted by Gasteiger charge is -2.41. The van der Waals surface area contributed by atoms with Crippen molar-refractivity contribution in [2.24, 2.45) is 0 Å². The second-order valence-electron chi connectivity index (χ2n) is 5.78. The van der Waals surface area contributed by atoms with Gasteiger partial charge in [0.05, 0.1) is 11.6 Å². The number of rotatable bonds is 4. The van der Waals surface area contributed by atoms with Crippen molar-refractivity contribution < 1.29 is 9.53 Å². The predicted octanol–water partition coefficient (Wildman–Crippen LogP) is 3.41. The molecule has 0 radical (unpaired) electrons. The normalized spacial score (nSPS) is 25.4. The molecule has 1 aromatic carbocycles. The van der Waals surface area contributed by atoms with E-state index in [-0.39, 0.29) is 17.4 Å². The fourth-order valence-electron chi connectivity index (χ4n) is 2.76. The number of ketones is 1. The molecule has 2 atom stereocenters. The molecule has 4 heteroatoms. The van der Waals surface area contributed by atoms with Gasteiger partial charge in [-0.05, 0) is 57.5 Å². The fraction of sp³-hybridized carbons (Fsp3) is 0.562. The molecule has 1 heterocycles. The summed E-state index contributed by atoms with van der Waals surface area (Å²) in [7, 11) is 1.75. The molecule has 0 saturated carbocycles. The zero-order valence-electron chi connectivity index (χ0n) is 12.4. The molecule has 2 unspecified atom stereocenters. The van der Waals surface area contributed by atoms with Crippen molar-refractivity contribution in [3.05, 3.63) is 34.9 Å². The summed E-state index contributed by atoms with van der Waals surface area (Å²) in [5, 5.41) is 0.652. The molecule has 1 aromatic rings. The highest BCUT2D eigenvalue weighted by molar-refractivity contribution is 6.30. The number of hydrogen-bond donors (Lipinski definition) is 0. The number of benzene rings is 1. The molecule has 0 aromatic heterocycles. The Balaban J connectivity index is 2.08. The van der Waals surface area contributed by atoms with E-state index in [2.05, 4.69) is 11.8 Å². The van der Waals surface area contributed by atoms with E-state index in [4.69, 9.17) is 16.3 Å². The van der Waals surface area contributed by atoms with Crippen molar-refractivity contribution in [2.75, 3.05) is 20.2 Å². The topological polar surface area (TPSA) is 29.5 Å². The summed E-state index contributed by atoms with van der Waals surface area (Å²) in [6.07, 6.45) is 2.10. The maximum atomic E-state index is 12.5. The largest absolute Gasteiger partial charge is 0.377 e.